The molecular weight excluding hydrogens is 170 g/mol. The zero-order valence-electron chi connectivity index (χ0n) is 8.29. The Kier molecular flexibility index (Phi) is 6.32. The number of carboxylic acid groups (broad SMARTS) is 1. The first kappa shape index (κ1) is 12.2. The molecule has 4 nitrogen and oxygen atoms in total. The Balaban J connectivity index is 3.79. The highest BCUT2D eigenvalue weighted by atomic mass is 16.4. The number of hydrogen-bond donors (Lipinski definition) is 3. The van der Waals surface area contributed by atoms with Crippen molar-refractivity contribution in [3.05, 3.63) is 0 Å². The van der Waals surface area contributed by atoms with Gasteiger partial charge in [0.2, 0.25) is 0 Å². The van der Waals surface area contributed by atoms with Gasteiger partial charge in [-0.05, 0) is 12.8 Å². The molecule has 4 heteroatoms. The zero-order chi connectivity index (χ0) is 10.3. The molecule has 0 bridgehead atoms. The monoisotopic (exact) mass is 189 g/mol. The number of amides is 1. The predicted molar refractivity (Wildman–Crippen MR) is 50.7 cm³/mol. The maximum absolute atomic E-state index is 10.2. The molecule has 0 aliphatic rings. The smallest absolute Gasteiger partial charge is 0.404 e. The van der Waals surface area contributed by atoms with Gasteiger partial charge in [0.1, 0.15) is 0 Å². The molecule has 1 amide bonds. The molecule has 0 saturated heterocycles. The van der Waals surface area contributed by atoms with Gasteiger partial charge >= 0.3 is 6.09 Å². The van der Waals surface area contributed by atoms with Crippen molar-refractivity contribution >= 4 is 6.09 Å². The molecule has 0 rings (SSSR count). The fraction of sp³-hybridized carbons (Fsp3) is 0.889. The quantitative estimate of drug-likeness (QED) is 0.592. The lowest BCUT2D eigenvalue weighted by atomic mass is 9.96. The average molecular weight is 189 g/mol. The highest BCUT2D eigenvalue weighted by Gasteiger charge is 2.16. The Morgan fingerprint density at radius 1 is 1.46 bits per heavy atom. The van der Waals surface area contributed by atoms with E-state index in [0.29, 0.717) is 6.54 Å². The van der Waals surface area contributed by atoms with Crippen molar-refractivity contribution in [1.29, 1.82) is 0 Å². The van der Waals surface area contributed by atoms with Crippen molar-refractivity contribution in [3.8, 4) is 0 Å². The number of hydrogen-bond acceptors (Lipinski definition) is 2. The van der Waals surface area contributed by atoms with Gasteiger partial charge in [0.25, 0.3) is 0 Å². The lowest BCUT2D eigenvalue weighted by Crippen LogP contribution is -2.33. The SMILES string of the molecule is CCCC(O)[C@@H](CC)CNC(=O)O. The summed E-state index contributed by atoms with van der Waals surface area (Å²) >= 11 is 0. The molecule has 78 valence electrons. The number of aliphatic hydroxyl groups excluding tert-OH is 1. The molecule has 3 N–H and O–H groups in total. The van der Waals surface area contributed by atoms with Crippen LogP contribution in [0.2, 0.25) is 0 Å². The van der Waals surface area contributed by atoms with Crippen LogP contribution in [0.1, 0.15) is 33.1 Å². The Morgan fingerprint density at radius 2 is 2.08 bits per heavy atom. The molecule has 0 saturated carbocycles. The van der Waals surface area contributed by atoms with Gasteiger partial charge in [-0.2, -0.15) is 0 Å². The minimum atomic E-state index is -1.03. The summed E-state index contributed by atoms with van der Waals surface area (Å²) in [4.78, 5) is 10.2. The van der Waals surface area contributed by atoms with Crippen LogP contribution in [0.5, 0.6) is 0 Å². The highest BCUT2D eigenvalue weighted by Crippen LogP contribution is 2.12. The molecule has 0 aliphatic carbocycles. The summed E-state index contributed by atoms with van der Waals surface area (Å²) in [6, 6.07) is 0. The second kappa shape index (κ2) is 6.71. The molecule has 0 aromatic carbocycles. The van der Waals surface area contributed by atoms with E-state index >= 15 is 0 Å². The first-order chi connectivity index (χ1) is 6.11. The molecule has 13 heavy (non-hydrogen) atoms. The Bertz CT molecular complexity index is 150. The van der Waals surface area contributed by atoms with Gasteiger partial charge in [0.05, 0.1) is 6.10 Å². The fourth-order valence-corrected chi connectivity index (χ4v) is 1.30. The molecule has 0 aromatic rings. The van der Waals surface area contributed by atoms with E-state index in [1.807, 2.05) is 13.8 Å². The number of carbonyl (C=O) groups is 1. The third-order valence-corrected chi connectivity index (χ3v) is 2.17. The van der Waals surface area contributed by atoms with Gasteiger partial charge in [-0.25, -0.2) is 4.79 Å². The van der Waals surface area contributed by atoms with E-state index in [2.05, 4.69) is 5.32 Å². The highest BCUT2D eigenvalue weighted by molar-refractivity contribution is 5.64. The van der Waals surface area contributed by atoms with Crippen molar-refractivity contribution in [1.82, 2.24) is 5.32 Å². The first-order valence-corrected chi connectivity index (χ1v) is 4.76. The van der Waals surface area contributed by atoms with Gasteiger partial charge < -0.3 is 15.5 Å². The minimum absolute atomic E-state index is 0.0380. The van der Waals surface area contributed by atoms with Crippen LogP contribution in [0.4, 0.5) is 4.79 Å². The van der Waals surface area contributed by atoms with Crippen LogP contribution < -0.4 is 5.32 Å². The summed E-state index contributed by atoms with van der Waals surface area (Å²) in [7, 11) is 0. The van der Waals surface area contributed by atoms with Crippen molar-refractivity contribution in [2.45, 2.75) is 39.2 Å². The van der Waals surface area contributed by atoms with E-state index in [0.717, 1.165) is 19.3 Å². The third kappa shape index (κ3) is 5.47. The van der Waals surface area contributed by atoms with Crippen LogP contribution in [-0.2, 0) is 0 Å². The molecule has 0 radical (unpaired) electrons. The summed E-state index contributed by atoms with van der Waals surface area (Å²) in [5, 5.41) is 20.3. The van der Waals surface area contributed by atoms with Crippen molar-refractivity contribution in [3.63, 3.8) is 0 Å². The van der Waals surface area contributed by atoms with Crippen LogP contribution in [0.25, 0.3) is 0 Å². The van der Waals surface area contributed by atoms with Gasteiger partial charge in [-0.3, -0.25) is 0 Å². The summed E-state index contributed by atoms with van der Waals surface area (Å²) in [5.74, 6) is 0.0380. The van der Waals surface area contributed by atoms with E-state index in [-0.39, 0.29) is 12.0 Å². The average Bonchev–Trinajstić information content (AvgIpc) is 2.05. The molecule has 1 unspecified atom stereocenters. The Hall–Kier alpha value is -0.770. The lowest BCUT2D eigenvalue weighted by Gasteiger charge is -2.20. The van der Waals surface area contributed by atoms with Crippen LogP contribution in [0, 0.1) is 5.92 Å². The maximum Gasteiger partial charge on any atom is 0.404 e. The van der Waals surface area contributed by atoms with E-state index in [1.54, 1.807) is 0 Å². The van der Waals surface area contributed by atoms with E-state index in [1.165, 1.54) is 0 Å². The number of nitrogens with one attached hydrogen (secondary N) is 1. The number of aliphatic hydroxyl groups is 1. The van der Waals surface area contributed by atoms with Gasteiger partial charge in [0.15, 0.2) is 0 Å². The molecule has 2 atom stereocenters. The topological polar surface area (TPSA) is 69.6 Å². The summed E-state index contributed by atoms with van der Waals surface area (Å²) < 4.78 is 0. The molecule has 0 aliphatic heterocycles. The lowest BCUT2D eigenvalue weighted by molar-refractivity contribution is 0.0943. The molecule has 0 spiro atoms. The van der Waals surface area contributed by atoms with E-state index < -0.39 is 6.09 Å². The normalized spacial score (nSPS) is 15.0. The largest absolute Gasteiger partial charge is 0.465 e. The summed E-state index contributed by atoms with van der Waals surface area (Å²) in [6.45, 7) is 4.29. The fourth-order valence-electron chi connectivity index (χ4n) is 1.30. The predicted octanol–water partition coefficient (Wildman–Crippen LogP) is 1.44. The van der Waals surface area contributed by atoms with E-state index in [4.69, 9.17) is 5.11 Å². The van der Waals surface area contributed by atoms with Crippen molar-refractivity contribution in [2.24, 2.45) is 5.92 Å². The maximum atomic E-state index is 10.2. The van der Waals surface area contributed by atoms with Gasteiger partial charge in [-0.15, -0.1) is 0 Å². The van der Waals surface area contributed by atoms with Crippen molar-refractivity contribution < 1.29 is 15.0 Å². The third-order valence-electron chi connectivity index (χ3n) is 2.17. The van der Waals surface area contributed by atoms with Gasteiger partial charge in [0, 0.05) is 12.5 Å². The molecular formula is C9H19NO3. The number of rotatable bonds is 6. The molecule has 0 fully saturated rings. The standard InChI is InChI=1S/C9H19NO3/c1-3-5-8(11)7(4-2)6-10-9(12)13/h7-8,10-11H,3-6H2,1-2H3,(H,12,13)/t7-,8?/m0/s1. The summed E-state index contributed by atoms with van der Waals surface area (Å²) in [5.41, 5.74) is 0. The Labute approximate surface area is 79.0 Å². The van der Waals surface area contributed by atoms with Crippen LogP contribution >= 0.6 is 0 Å². The van der Waals surface area contributed by atoms with Crippen LogP contribution in [-0.4, -0.2) is 29.0 Å². The van der Waals surface area contributed by atoms with Crippen LogP contribution in [0.15, 0.2) is 0 Å². The van der Waals surface area contributed by atoms with E-state index in [9.17, 15) is 9.90 Å². The summed E-state index contributed by atoms with van der Waals surface area (Å²) in [6.07, 6.45) is 1.04. The molecule has 0 heterocycles. The Morgan fingerprint density at radius 3 is 2.46 bits per heavy atom. The minimum Gasteiger partial charge on any atom is -0.465 e. The zero-order valence-corrected chi connectivity index (χ0v) is 8.29. The van der Waals surface area contributed by atoms with Gasteiger partial charge in [-0.1, -0.05) is 20.3 Å². The second-order valence-electron chi connectivity index (χ2n) is 3.21. The molecule has 0 aromatic heterocycles. The van der Waals surface area contributed by atoms with Crippen molar-refractivity contribution in [2.75, 3.05) is 6.54 Å². The second-order valence-corrected chi connectivity index (χ2v) is 3.21. The van der Waals surface area contributed by atoms with Crippen LogP contribution in [0.3, 0.4) is 0 Å². The first-order valence-electron chi connectivity index (χ1n) is 4.76.